The minimum absolute atomic E-state index is 0.0817. The van der Waals surface area contributed by atoms with E-state index in [2.05, 4.69) is 31.7 Å². The number of piperazine rings is 1. The largest absolute Gasteiger partial charge is 0.497 e. The fourth-order valence-corrected chi connectivity index (χ4v) is 4.33. The molecule has 1 fully saturated rings. The Kier molecular flexibility index (Phi) is 9.29. The Balaban J connectivity index is 1.65. The van der Waals surface area contributed by atoms with E-state index in [-0.39, 0.29) is 6.61 Å². The zero-order valence-electron chi connectivity index (χ0n) is 22.4. The smallest absolute Gasteiger partial charge is 0.124 e. The molecule has 4 rings (SSSR count). The van der Waals surface area contributed by atoms with Crippen molar-refractivity contribution in [3.8, 4) is 11.5 Å². The first-order valence-electron chi connectivity index (χ1n) is 12.8. The summed E-state index contributed by atoms with van der Waals surface area (Å²) in [5, 5.41) is 12.9. The van der Waals surface area contributed by atoms with Crippen molar-refractivity contribution in [2.75, 3.05) is 58.5 Å². The number of fused-ring (bicyclic) bond motifs is 1. The summed E-state index contributed by atoms with van der Waals surface area (Å²) in [7, 11) is 3.26. The number of hydrogen-bond donors (Lipinski definition) is 2. The van der Waals surface area contributed by atoms with Crippen molar-refractivity contribution in [3.05, 3.63) is 66.8 Å². The zero-order valence-corrected chi connectivity index (χ0v) is 22.4. The Hall–Kier alpha value is -3.95. The molecule has 1 aromatic heterocycles. The van der Waals surface area contributed by atoms with Crippen molar-refractivity contribution in [3.63, 3.8) is 0 Å². The van der Waals surface area contributed by atoms with Gasteiger partial charge in [-0.25, -0.2) is 9.98 Å². The Morgan fingerprint density at radius 2 is 1.84 bits per heavy atom. The molecule has 1 aliphatic heterocycles. The number of methoxy groups -OCH3 is 2. The molecule has 0 amide bonds. The van der Waals surface area contributed by atoms with E-state index >= 15 is 0 Å². The van der Waals surface area contributed by atoms with Crippen molar-refractivity contribution in [2.24, 2.45) is 4.99 Å². The third-order valence-electron chi connectivity index (χ3n) is 6.47. The van der Waals surface area contributed by atoms with Crippen LogP contribution in [0.4, 0.5) is 11.4 Å². The molecule has 0 radical (unpaired) electrons. The minimum Gasteiger partial charge on any atom is -0.497 e. The minimum atomic E-state index is 0.0817. The van der Waals surface area contributed by atoms with Gasteiger partial charge in [0.15, 0.2) is 0 Å². The third-order valence-corrected chi connectivity index (χ3v) is 6.47. The topological polar surface area (TPSA) is 95.3 Å². The van der Waals surface area contributed by atoms with Gasteiger partial charge in [0, 0.05) is 80.7 Å². The summed E-state index contributed by atoms with van der Waals surface area (Å²) in [6, 6.07) is 11.7. The highest BCUT2D eigenvalue weighted by Gasteiger charge is 2.15. The predicted molar refractivity (Wildman–Crippen MR) is 154 cm³/mol. The van der Waals surface area contributed by atoms with Gasteiger partial charge in [0.1, 0.15) is 17.3 Å². The number of aromatic nitrogens is 2. The molecule has 1 aliphatic rings. The molecule has 9 heteroatoms. The highest BCUT2D eigenvalue weighted by molar-refractivity contribution is 6.09. The lowest BCUT2D eigenvalue weighted by molar-refractivity contribution is 0.291. The first kappa shape index (κ1) is 27.1. The predicted octanol–water partition coefficient (Wildman–Crippen LogP) is 4.02. The maximum atomic E-state index is 9.55. The average molecular weight is 517 g/mol. The second-order valence-electron chi connectivity index (χ2n) is 8.88. The number of rotatable bonds is 11. The summed E-state index contributed by atoms with van der Waals surface area (Å²) in [6.07, 6.45) is 6.15. The summed E-state index contributed by atoms with van der Waals surface area (Å²) < 4.78 is 11.0. The molecule has 38 heavy (non-hydrogen) atoms. The monoisotopic (exact) mass is 516 g/mol. The van der Waals surface area contributed by atoms with Crippen LogP contribution in [0, 0.1) is 0 Å². The van der Waals surface area contributed by atoms with Gasteiger partial charge in [0.25, 0.3) is 0 Å². The Labute approximate surface area is 224 Å². The van der Waals surface area contributed by atoms with E-state index in [1.165, 1.54) is 0 Å². The van der Waals surface area contributed by atoms with E-state index in [4.69, 9.17) is 14.5 Å². The standard InChI is InChI=1S/C29H36N6O3/c1-5-22(19-31-21(2)34-12-9-30-10-13-34)29-20-32-27-8-7-23(17-28(27)33-29)35(11-6-14-36)24-15-25(37-3)18-26(16-24)38-4/h5,7-8,15-20,30,36H,2,6,9-14H2,1,3-4H3/b22-5+,31-19?. The van der Waals surface area contributed by atoms with E-state index in [0.29, 0.717) is 24.5 Å². The first-order chi connectivity index (χ1) is 18.6. The summed E-state index contributed by atoms with van der Waals surface area (Å²) in [4.78, 5) is 18.5. The van der Waals surface area contributed by atoms with Gasteiger partial charge >= 0.3 is 0 Å². The van der Waals surface area contributed by atoms with Gasteiger partial charge in [-0.2, -0.15) is 0 Å². The van der Waals surface area contributed by atoms with E-state index in [0.717, 1.165) is 65.7 Å². The van der Waals surface area contributed by atoms with E-state index in [1.54, 1.807) is 26.6 Å². The van der Waals surface area contributed by atoms with Crippen molar-refractivity contribution < 1.29 is 14.6 Å². The lowest BCUT2D eigenvalue weighted by Gasteiger charge is -2.28. The van der Waals surface area contributed by atoms with Crippen molar-refractivity contribution in [2.45, 2.75) is 13.3 Å². The maximum Gasteiger partial charge on any atom is 0.124 e. The second kappa shape index (κ2) is 13.0. The van der Waals surface area contributed by atoms with Crippen LogP contribution in [-0.2, 0) is 0 Å². The van der Waals surface area contributed by atoms with Gasteiger partial charge in [-0.05, 0) is 31.5 Å². The molecular formula is C29H36N6O3. The quantitative estimate of drug-likeness (QED) is 0.369. The summed E-state index contributed by atoms with van der Waals surface area (Å²) >= 11 is 0. The Morgan fingerprint density at radius 3 is 2.50 bits per heavy atom. The molecule has 1 saturated heterocycles. The van der Waals surface area contributed by atoms with Gasteiger partial charge < -0.3 is 29.7 Å². The van der Waals surface area contributed by atoms with Crippen LogP contribution in [0.25, 0.3) is 16.6 Å². The number of anilines is 2. The number of aliphatic hydroxyl groups is 1. The normalized spacial score (nSPS) is 14.2. The number of nitrogens with one attached hydrogen (secondary N) is 1. The second-order valence-corrected chi connectivity index (χ2v) is 8.88. The fourth-order valence-electron chi connectivity index (χ4n) is 4.33. The van der Waals surface area contributed by atoms with Gasteiger partial charge in [0.2, 0.25) is 0 Å². The average Bonchev–Trinajstić information content (AvgIpc) is 2.97. The van der Waals surface area contributed by atoms with Crippen LogP contribution in [0.5, 0.6) is 11.5 Å². The van der Waals surface area contributed by atoms with Crippen LogP contribution >= 0.6 is 0 Å². The fraction of sp³-hybridized carbons (Fsp3) is 0.345. The van der Waals surface area contributed by atoms with E-state index < -0.39 is 0 Å². The molecule has 0 aliphatic carbocycles. The van der Waals surface area contributed by atoms with Crippen LogP contribution < -0.4 is 19.7 Å². The van der Waals surface area contributed by atoms with Crippen molar-refractivity contribution in [1.29, 1.82) is 0 Å². The molecule has 2 N–H and O–H groups in total. The molecule has 2 heterocycles. The number of allylic oxidation sites excluding steroid dienone is 2. The number of hydrogen-bond acceptors (Lipinski definition) is 9. The number of aliphatic imine (C=N–C) groups is 1. The number of ether oxygens (including phenoxy) is 2. The molecule has 3 aromatic rings. The molecule has 2 aromatic carbocycles. The van der Waals surface area contributed by atoms with Crippen LogP contribution in [0.15, 0.2) is 66.1 Å². The molecule has 0 bridgehead atoms. The molecule has 0 saturated carbocycles. The van der Waals surface area contributed by atoms with E-state index in [9.17, 15) is 5.11 Å². The maximum absolute atomic E-state index is 9.55. The van der Waals surface area contributed by atoms with Gasteiger partial charge in [-0.3, -0.25) is 4.98 Å². The zero-order chi connectivity index (χ0) is 26.9. The number of nitrogens with zero attached hydrogens (tertiary/aromatic N) is 5. The molecule has 0 atom stereocenters. The van der Waals surface area contributed by atoms with Crippen LogP contribution in [-0.4, -0.2) is 79.7 Å². The third kappa shape index (κ3) is 6.48. The van der Waals surface area contributed by atoms with Crippen LogP contribution in [0.1, 0.15) is 19.0 Å². The van der Waals surface area contributed by atoms with Crippen molar-refractivity contribution >= 4 is 34.2 Å². The summed E-state index contributed by atoms with van der Waals surface area (Å²) in [6.45, 7) is 10.4. The van der Waals surface area contributed by atoms with Gasteiger partial charge in [-0.15, -0.1) is 0 Å². The highest BCUT2D eigenvalue weighted by Crippen LogP contribution is 2.34. The lowest BCUT2D eigenvalue weighted by Crippen LogP contribution is -2.42. The molecule has 0 unspecified atom stereocenters. The number of benzene rings is 2. The van der Waals surface area contributed by atoms with Crippen LogP contribution in [0.2, 0.25) is 0 Å². The molecule has 9 nitrogen and oxygen atoms in total. The Morgan fingerprint density at radius 1 is 1.11 bits per heavy atom. The lowest BCUT2D eigenvalue weighted by atomic mass is 10.1. The molecular weight excluding hydrogens is 480 g/mol. The van der Waals surface area contributed by atoms with Crippen LogP contribution in [0.3, 0.4) is 0 Å². The molecule has 200 valence electrons. The van der Waals surface area contributed by atoms with E-state index in [1.807, 2.05) is 49.4 Å². The molecule has 0 spiro atoms. The summed E-state index contributed by atoms with van der Waals surface area (Å²) in [5.74, 6) is 2.13. The van der Waals surface area contributed by atoms with Crippen molar-refractivity contribution in [1.82, 2.24) is 20.2 Å². The van der Waals surface area contributed by atoms with Gasteiger partial charge in [-0.1, -0.05) is 12.7 Å². The highest BCUT2D eigenvalue weighted by atomic mass is 16.5. The SMILES string of the molecule is C=C(N=C/C(=C\C)c1cnc2ccc(N(CCCO)c3cc(OC)cc(OC)c3)cc2n1)N1CCNCC1. The number of aliphatic hydroxyl groups excluding tert-OH is 1. The Bertz CT molecular complexity index is 1290. The van der Waals surface area contributed by atoms with Gasteiger partial charge in [0.05, 0.1) is 37.1 Å². The summed E-state index contributed by atoms with van der Waals surface area (Å²) in [5.41, 5.74) is 4.98. The first-order valence-corrected chi connectivity index (χ1v) is 12.8.